The second-order valence-electron chi connectivity index (χ2n) is 5.65. The molecule has 0 aliphatic carbocycles. The van der Waals surface area contributed by atoms with Gasteiger partial charge in [-0.3, -0.25) is 9.69 Å². The van der Waals surface area contributed by atoms with E-state index in [4.69, 9.17) is 4.74 Å². The number of hydrogen-bond donors (Lipinski definition) is 0. The second-order valence-corrected chi connectivity index (χ2v) is 6.87. The van der Waals surface area contributed by atoms with E-state index < -0.39 is 0 Å². The first-order chi connectivity index (χ1) is 11.1. The number of carbonyl (C=O) groups excluding carboxylic acids is 1. The van der Waals surface area contributed by atoms with E-state index in [0.29, 0.717) is 0 Å². The minimum atomic E-state index is -0.123. The maximum atomic E-state index is 12.9. The van der Waals surface area contributed by atoms with Crippen molar-refractivity contribution in [3.63, 3.8) is 0 Å². The average Bonchev–Trinajstić information content (AvgIpc) is 2.56. The van der Waals surface area contributed by atoms with E-state index in [-0.39, 0.29) is 11.2 Å². The summed E-state index contributed by atoms with van der Waals surface area (Å²) >= 11 is 1.58. The summed E-state index contributed by atoms with van der Waals surface area (Å²) in [4.78, 5) is 21.7. The van der Waals surface area contributed by atoms with Crippen LogP contribution in [0, 0.1) is 6.92 Å². The molecule has 6 heteroatoms. The fraction of sp³-hybridized carbons (Fsp3) is 0.647. The van der Waals surface area contributed by atoms with Crippen LogP contribution in [0.15, 0.2) is 23.2 Å². The Morgan fingerprint density at radius 1 is 1.35 bits per heavy atom. The Labute approximate surface area is 143 Å². The average molecular weight is 337 g/mol. The number of amides is 1. The van der Waals surface area contributed by atoms with Crippen LogP contribution in [0.5, 0.6) is 0 Å². The molecule has 1 atom stereocenters. The second kappa shape index (κ2) is 9.25. The van der Waals surface area contributed by atoms with E-state index in [0.717, 1.165) is 56.7 Å². The summed E-state index contributed by atoms with van der Waals surface area (Å²) in [6, 6.07) is 5.96. The molecule has 0 bridgehead atoms. The summed E-state index contributed by atoms with van der Waals surface area (Å²) < 4.78 is 5.41. The summed E-state index contributed by atoms with van der Waals surface area (Å²) in [6.07, 6.45) is 0. The molecule has 128 valence electrons. The van der Waals surface area contributed by atoms with Crippen molar-refractivity contribution in [1.82, 2.24) is 14.8 Å². The minimum Gasteiger partial charge on any atom is -0.379 e. The first-order valence-corrected chi connectivity index (χ1v) is 9.21. The normalized spacial score (nSPS) is 17.0. The summed E-state index contributed by atoms with van der Waals surface area (Å²) in [6.45, 7) is 11.6. The van der Waals surface area contributed by atoms with Crippen molar-refractivity contribution in [2.75, 3.05) is 45.9 Å². The predicted molar refractivity (Wildman–Crippen MR) is 93.8 cm³/mol. The van der Waals surface area contributed by atoms with Crippen molar-refractivity contribution in [1.29, 1.82) is 0 Å². The number of morpholine rings is 1. The van der Waals surface area contributed by atoms with Crippen molar-refractivity contribution in [2.24, 2.45) is 0 Å². The minimum absolute atomic E-state index is 0.123. The topological polar surface area (TPSA) is 45.7 Å². The smallest absolute Gasteiger partial charge is 0.237 e. The van der Waals surface area contributed by atoms with Crippen molar-refractivity contribution in [3.8, 4) is 0 Å². The number of rotatable bonds is 7. The Bertz CT molecular complexity index is 502. The quantitative estimate of drug-likeness (QED) is 0.713. The van der Waals surface area contributed by atoms with Crippen molar-refractivity contribution in [2.45, 2.75) is 31.0 Å². The summed E-state index contributed by atoms with van der Waals surface area (Å²) in [7, 11) is 0. The highest BCUT2D eigenvalue weighted by atomic mass is 32.2. The molecule has 1 fully saturated rings. The summed E-state index contributed by atoms with van der Waals surface area (Å²) in [5, 5.41) is 0.797. The van der Waals surface area contributed by atoms with Gasteiger partial charge in [0.25, 0.3) is 0 Å². The van der Waals surface area contributed by atoms with Crippen LogP contribution in [0.1, 0.15) is 19.5 Å². The van der Waals surface area contributed by atoms with Gasteiger partial charge in [-0.05, 0) is 32.9 Å². The molecule has 0 N–H and O–H groups in total. The SMILES string of the molecule is CCN(CC)C(=O)C(CN1CCOCC1)Sc1cccc(C)n1. The highest BCUT2D eigenvalue weighted by Gasteiger charge is 2.27. The number of pyridine rings is 1. The fourth-order valence-electron chi connectivity index (χ4n) is 2.65. The number of aromatic nitrogens is 1. The largest absolute Gasteiger partial charge is 0.379 e. The summed E-state index contributed by atoms with van der Waals surface area (Å²) in [5.41, 5.74) is 0.982. The third-order valence-corrected chi connectivity index (χ3v) is 5.11. The van der Waals surface area contributed by atoms with Gasteiger partial charge in [0.1, 0.15) is 5.25 Å². The molecule has 2 rings (SSSR count). The Kier molecular flexibility index (Phi) is 7.33. The Balaban J connectivity index is 2.10. The van der Waals surface area contributed by atoms with Gasteiger partial charge < -0.3 is 9.64 Å². The molecule has 23 heavy (non-hydrogen) atoms. The van der Waals surface area contributed by atoms with E-state index in [2.05, 4.69) is 9.88 Å². The first-order valence-electron chi connectivity index (χ1n) is 8.33. The Morgan fingerprint density at radius 3 is 2.65 bits per heavy atom. The molecule has 1 aliphatic rings. The van der Waals surface area contributed by atoms with Gasteiger partial charge in [0, 0.05) is 38.4 Å². The van der Waals surface area contributed by atoms with E-state index in [1.807, 2.05) is 43.9 Å². The van der Waals surface area contributed by atoms with E-state index in [1.54, 1.807) is 11.8 Å². The molecule has 1 aromatic rings. The highest BCUT2D eigenvalue weighted by Crippen LogP contribution is 2.24. The molecule has 1 aromatic heterocycles. The molecule has 5 nitrogen and oxygen atoms in total. The van der Waals surface area contributed by atoms with E-state index in [1.165, 1.54) is 0 Å². The molecule has 0 saturated carbocycles. The highest BCUT2D eigenvalue weighted by molar-refractivity contribution is 8.00. The van der Waals surface area contributed by atoms with Crippen LogP contribution in [0.25, 0.3) is 0 Å². The van der Waals surface area contributed by atoms with Crippen LogP contribution < -0.4 is 0 Å². The maximum absolute atomic E-state index is 12.9. The van der Waals surface area contributed by atoms with Gasteiger partial charge in [0.15, 0.2) is 0 Å². The van der Waals surface area contributed by atoms with E-state index >= 15 is 0 Å². The zero-order chi connectivity index (χ0) is 16.7. The molecule has 1 unspecified atom stereocenters. The van der Waals surface area contributed by atoms with Crippen LogP contribution in [-0.2, 0) is 9.53 Å². The lowest BCUT2D eigenvalue weighted by atomic mass is 10.3. The van der Waals surface area contributed by atoms with Crippen LogP contribution in [0.3, 0.4) is 0 Å². The lowest BCUT2D eigenvalue weighted by Crippen LogP contribution is -2.46. The molecular formula is C17H27N3O2S. The van der Waals surface area contributed by atoms with Crippen LogP contribution in [-0.4, -0.2) is 71.9 Å². The first kappa shape index (κ1) is 18.2. The molecule has 1 amide bonds. The molecule has 2 heterocycles. The molecule has 0 radical (unpaired) electrons. The monoisotopic (exact) mass is 337 g/mol. The standard InChI is InChI=1S/C17H27N3O2S/c1-4-20(5-2)17(21)15(13-19-9-11-22-12-10-19)23-16-8-6-7-14(3)18-16/h6-8,15H,4-5,9-13H2,1-3H3. The fourth-order valence-corrected chi connectivity index (χ4v) is 3.83. The molecular weight excluding hydrogens is 310 g/mol. The lowest BCUT2D eigenvalue weighted by molar-refractivity contribution is -0.130. The molecule has 0 aromatic carbocycles. The Morgan fingerprint density at radius 2 is 2.04 bits per heavy atom. The summed E-state index contributed by atoms with van der Waals surface area (Å²) in [5.74, 6) is 0.204. The van der Waals surface area contributed by atoms with Gasteiger partial charge in [0.05, 0.1) is 18.2 Å². The Hall–Kier alpha value is -1.11. The van der Waals surface area contributed by atoms with Gasteiger partial charge >= 0.3 is 0 Å². The maximum Gasteiger partial charge on any atom is 0.237 e. The number of aryl methyl sites for hydroxylation is 1. The van der Waals surface area contributed by atoms with Gasteiger partial charge in [-0.25, -0.2) is 4.98 Å². The number of carbonyl (C=O) groups is 1. The van der Waals surface area contributed by atoms with Crippen LogP contribution in [0.4, 0.5) is 0 Å². The zero-order valence-corrected chi connectivity index (χ0v) is 15.1. The van der Waals surface area contributed by atoms with Crippen LogP contribution >= 0.6 is 11.8 Å². The number of nitrogens with zero attached hydrogens (tertiary/aromatic N) is 3. The molecule has 0 spiro atoms. The zero-order valence-electron chi connectivity index (χ0n) is 14.3. The third-order valence-electron chi connectivity index (χ3n) is 4.00. The molecule has 1 aliphatic heterocycles. The predicted octanol–water partition coefficient (Wildman–Crippen LogP) is 2.05. The lowest BCUT2D eigenvalue weighted by Gasteiger charge is -2.31. The third kappa shape index (κ3) is 5.48. The molecule has 1 saturated heterocycles. The van der Waals surface area contributed by atoms with Gasteiger partial charge in [-0.15, -0.1) is 0 Å². The number of hydrogen-bond acceptors (Lipinski definition) is 5. The number of thioether (sulfide) groups is 1. The number of ether oxygens (including phenoxy) is 1. The van der Waals surface area contributed by atoms with Crippen molar-refractivity contribution >= 4 is 17.7 Å². The van der Waals surface area contributed by atoms with Crippen molar-refractivity contribution < 1.29 is 9.53 Å². The van der Waals surface area contributed by atoms with Gasteiger partial charge in [-0.2, -0.15) is 0 Å². The van der Waals surface area contributed by atoms with E-state index in [9.17, 15) is 4.79 Å². The van der Waals surface area contributed by atoms with Crippen LogP contribution in [0.2, 0.25) is 0 Å². The van der Waals surface area contributed by atoms with Crippen molar-refractivity contribution in [3.05, 3.63) is 23.9 Å². The van der Waals surface area contributed by atoms with Gasteiger partial charge in [-0.1, -0.05) is 17.8 Å². The van der Waals surface area contributed by atoms with Gasteiger partial charge in [0.2, 0.25) is 5.91 Å².